The van der Waals surface area contributed by atoms with Crippen LogP contribution in [-0.2, 0) is 25.4 Å². The fraction of sp³-hybridized carbons (Fsp3) is 0.385. The van der Waals surface area contributed by atoms with E-state index in [9.17, 15) is 10.2 Å². The third-order valence-corrected chi connectivity index (χ3v) is 8.11. The molecule has 6 rings (SSSR count). The molecule has 49 heavy (non-hydrogen) atoms. The van der Waals surface area contributed by atoms with Crippen LogP contribution in [0.1, 0.15) is 11.1 Å². The maximum Gasteiger partial charge on any atom is 0.123 e. The third kappa shape index (κ3) is 9.95. The molecule has 10 heteroatoms. The van der Waals surface area contributed by atoms with Crippen LogP contribution in [0, 0.1) is 0 Å². The van der Waals surface area contributed by atoms with Gasteiger partial charge in [-0.1, -0.05) is 36.4 Å². The maximum absolute atomic E-state index is 10.6. The second-order valence-electron chi connectivity index (χ2n) is 12.1. The first-order valence-corrected chi connectivity index (χ1v) is 16.6. The lowest BCUT2D eigenvalue weighted by atomic mass is 9.93. The number of aliphatic hydroxyl groups is 2. The monoisotopic (exact) mass is 672 g/mol. The first-order valence-electron chi connectivity index (χ1n) is 16.6. The Morgan fingerprint density at radius 1 is 0.633 bits per heavy atom. The molecule has 0 radical (unpaired) electrons. The van der Waals surface area contributed by atoms with Gasteiger partial charge in [-0.25, -0.2) is 0 Å². The molecule has 2 heterocycles. The van der Waals surface area contributed by atoms with Crippen molar-refractivity contribution in [3.63, 3.8) is 0 Å². The Bertz CT molecular complexity index is 1700. The molecule has 4 aromatic rings. The Hall–Kier alpha value is -4.16. The summed E-state index contributed by atoms with van der Waals surface area (Å²) in [7, 11) is 0. The number of hydrogen-bond acceptors (Lipinski definition) is 10. The van der Waals surface area contributed by atoms with Crippen molar-refractivity contribution in [3.05, 3.63) is 97.1 Å². The van der Waals surface area contributed by atoms with E-state index in [1.807, 2.05) is 60.7 Å². The molecule has 4 atom stereocenters. The average Bonchev–Trinajstić information content (AvgIpc) is 4.05. The lowest BCUT2D eigenvalue weighted by molar-refractivity contribution is 0.0212. The normalized spacial score (nSPS) is 17.8. The summed E-state index contributed by atoms with van der Waals surface area (Å²) in [6.45, 7) is 10.7. The van der Waals surface area contributed by atoms with E-state index in [1.165, 1.54) is 0 Å². The molecule has 2 aliphatic heterocycles. The van der Waals surface area contributed by atoms with Gasteiger partial charge in [-0.2, -0.15) is 0 Å². The summed E-state index contributed by atoms with van der Waals surface area (Å²) in [6, 6.07) is 19.8. The van der Waals surface area contributed by atoms with Gasteiger partial charge < -0.3 is 48.1 Å². The Balaban J connectivity index is 1.36. The number of aliphatic hydroxyl groups excluding tert-OH is 2. The van der Waals surface area contributed by atoms with Gasteiger partial charge in [0, 0.05) is 17.5 Å². The molecular formula is C39H44O10. The van der Waals surface area contributed by atoms with E-state index in [1.54, 1.807) is 12.2 Å². The first kappa shape index (κ1) is 34.7. The minimum atomic E-state index is -0.840. The molecule has 0 bridgehead atoms. The van der Waals surface area contributed by atoms with E-state index < -0.39 is 12.2 Å². The maximum atomic E-state index is 10.6. The zero-order chi connectivity index (χ0) is 34.0. The molecule has 260 valence electrons. The SMILES string of the molecule is C=CCOCC(O)COc1ccc2ccc(OCC(O)COCC=C)c(Cc3c(OCC4CO4)ccc4ccc(OCC5CO5)cc34)c2c1. The Kier molecular flexibility index (Phi) is 12.0. The molecule has 2 fully saturated rings. The number of fused-ring (bicyclic) bond motifs is 2. The number of ether oxygens (including phenoxy) is 8. The van der Waals surface area contributed by atoms with Gasteiger partial charge in [0.15, 0.2) is 0 Å². The summed E-state index contributed by atoms with van der Waals surface area (Å²) in [6.07, 6.45) is 2.27. The summed E-state index contributed by atoms with van der Waals surface area (Å²) in [5, 5.41) is 24.9. The highest BCUT2D eigenvalue weighted by Gasteiger charge is 2.25. The van der Waals surface area contributed by atoms with Gasteiger partial charge in [0.1, 0.15) is 73.8 Å². The molecule has 0 amide bonds. The lowest BCUT2D eigenvalue weighted by Gasteiger charge is -2.20. The predicted molar refractivity (Wildman–Crippen MR) is 186 cm³/mol. The highest BCUT2D eigenvalue weighted by Crippen LogP contribution is 2.39. The van der Waals surface area contributed by atoms with Crippen LogP contribution in [0.5, 0.6) is 23.0 Å². The molecule has 4 aromatic carbocycles. The van der Waals surface area contributed by atoms with Crippen LogP contribution >= 0.6 is 0 Å². The Morgan fingerprint density at radius 3 is 1.63 bits per heavy atom. The smallest absolute Gasteiger partial charge is 0.123 e. The fourth-order valence-corrected chi connectivity index (χ4v) is 5.42. The summed E-state index contributed by atoms with van der Waals surface area (Å²) in [5.74, 6) is 2.68. The average molecular weight is 673 g/mol. The number of hydrogen-bond donors (Lipinski definition) is 2. The highest BCUT2D eigenvalue weighted by atomic mass is 16.6. The van der Waals surface area contributed by atoms with Crippen molar-refractivity contribution in [2.45, 2.75) is 30.8 Å². The quantitative estimate of drug-likeness (QED) is 0.0669. The van der Waals surface area contributed by atoms with Crippen LogP contribution in [0.4, 0.5) is 0 Å². The number of benzene rings is 4. The van der Waals surface area contributed by atoms with Gasteiger partial charge in [-0.15, -0.1) is 13.2 Å². The molecule has 2 aliphatic rings. The summed E-state index contributed by atoms with van der Waals surface area (Å²) in [5.41, 5.74) is 1.84. The van der Waals surface area contributed by atoms with Crippen molar-refractivity contribution in [2.24, 2.45) is 0 Å². The number of epoxide rings is 2. The molecule has 4 unspecified atom stereocenters. The van der Waals surface area contributed by atoms with Gasteiger partial charge in [0.05, 0.1) is 39.6 Å². The standard InChI is InChI=1S/C39H44O10/c1-3-13-42-18-28(40)20-44-30-9-5-26-7-11-38(48-21-29(41)19-43-14-4-2)36(34(26)15-30)17-37-35-16-31(45-22-32-23-46-32)10-6-27(35)8-12-39(37)49-25-33-24-47-33/h3-12,15-16,28-29,32-33,40-41H,1-2,13-14,17-25H2. The van der Waals surface area contributed by atoms with E-state index in [2.05, 4.69) is 13.2 Å². The topological polar surface area (TPSA) is 121 Å². The van der Waals surface area contributed by atoms with Gasteiger partial charge >= 0.3 is 0 Å². The van der Waals surface area contributed by atoms with Crippen molar-refractivity contribution in [3.8, 4) is 23.0 Å². The van der Waals surface area contributed by atoms with Crippen LogP contribution in [0.15, 0.2) is 86.0 Å². The largest absolute Gasteiger partial charge is 0.491 e. The van der Waals surface area contributed by atoms with Gasteiger partial charge in [0.2, 0.25) is 0 Å². The minimum Gasteiger partial charge on any atom is -0.491 e. The van der Waals surface area contributed by atoms with Gasteiger partial charge in [-0.3, -0.25) is 0 Å². The van der Waals surface area contributed by atoms with Crippen LogP contribution in [0.25, 0.3) is 21.5 Å². The molecule has 2 N–H and O–H groups in total. The van der Waals surface area contributed by atoms with Crippen molar-refractivity contribution >= 4 is 21.5 Å². The molecule has 10 nitrogen and oxygen atoms in total. The van der Waals surface area contributed by atoms with Crippen LogP contribution in [0.2, 0.25) is 0 Å². The van der Waals surface area contributed by atoms with E-state index in [0.29, 0.717) is 57.6 Å². The van der Waals surface area contributed by atoms with Crippen molar-refractivity contribution < 1.29 is 48.1 Å². The van der Waals surface area contributed by atoms with Crippen LogP contribution < -0.4 is 18.9 Å². The van der Waals surface area contributed by atoms with Crippen LogP contribution in [0.3, 0.4) is 0 Å². The van der Waals surface area contributed by atoms with E-state index >= 15 is 0 Å². The first-order chi connectivity index (χ1) is 24.0. The zero-order valence-electron chi connectivity index (χ0n) is 27.6. The third-order valence-electron chi connectivity index (χ3n) is 8.11. The van der Waals surface area contributed by atoms with Gasteiger partial charge in [0.25, 0.3) is 0 Å². The fourth-order valence-electron chi connectivity index (χ4n) is 5.42. The second kappa shape index (κ2) is 17.0. The molecule has 0 spiro atoms. The Morgan fingerprint density at radius 2 is 1.10 bits per heavy atom. The summed E-state index contributed by atoms with van der Waals surface area (Å²) >= 11 is 0. The molecule has 0 saturated carbocycles. The van der Waals surface area contributed by atoms with Crippen molar-refractivity contribution in [1.29, 1.82) is 0 Å². The van der Waals surface area contributed by atoms with E-state index in [-0.39, 0.29) is 38.6 Å². The predicted octanol–water partition coefficient (Wildman–Crippen LogP) is 5.02. The lowest BCUT2D eigenvalue weighted by Crippen LogP contribution is -2.24. The van der Waals surface area contributed by atoms with E-state index in [4.69, 9.17) is 37.9 Å². The molecule has 0 aliphatic carbocycles. The minimum absolute atomic E-state index is 0.0296. The molecular weight excluding hydrogens is 628 g/mol. The van der Waals surface area contributed by atoms with Crippen molar-refractivity contribution in [2.75, 3.05) is 66.1 Å². The highest BCUT2D eigenvalue weighted by molar-refractivity contribution is 5.93. The van der Waals surface area contributed by atoms with Crippen LogP contribution in [-0.4, -0.2) is 101 Å². The van der Waals surface area contributed by atoms with Crippen molar-refractivity contribution in [1.82, 2.24) is 0 Å². The Labute approximate surface area is 286 Å². The molecule has 0 aromatic heterocycles. The zero-order valence-corrected chi connectivity index (χ0v) is 27.6. The second-order valence-corrected chi connectivity index (χ2v) is 12.1. The van der Waals surface area contributed by atoms with E-state index in [0.717, 1.165) is 44.2 Å². The van der Waals surface area contributed by atoms with Gasteiger partial charge in [-0.05, 0) is 57.9 Å². The molecule has 2 saturated heterocycles. The summed E-state index contributed by atoms with van der Waals surface area (Å²) < 4.78 is 46.3. The summed E-state index contributed by atoms with van der Waals surface area (Å²) in [4.78, 5) is 0. The number of rotatable bonds is 22.